The summed E-state index contributed by atoms with van der Waals surface area (Å²) in [6.07, 6.45) is 0.149. The number of benzene rings is 1. The number of carboxylic acid groups (broad SMARTS) is 1. The zero-order valence-electron chi connectivity index (χ0n) is 12.4. The smallest absolute Gasteiger partial charge is 0.336 e. The van der Waals surface area contributed by atoms with Gasteiger partial charge in [0, 0.05) is 24.1 Å². The molecule has 1 aliphatic heterocycles. The lowest BCUT2D eigenvalue weighted by Gasteiger charge is -2.26. The van der Waals surface area contributed by atoms with E-state index in [2.05, 4.69) is 0 Å². The lowest BCUT2D eigenvalue weighted by Crippen LogP contribution is -2.32. The summed E-state index contributed by atoms with van der Waals surface area (Å²) < 4.78 is 0. The predicted octanol–water partition coefficient (Wildman–Crippen LogP) is 2.52. The maximum Gasteiger partial charge on any atom is 0.336 e. The lowest BCUT2D eigenvalue weighted by atomic mass is 9.95. The maximum atomic E-state index is 12.5. The van der Waals surface area contributed by atoms with Crippen LogP contribution in [0.4, 0.5) is 0 Å². The van der Waals surface area contributed by atoms with Gasteiger partial charge >= 0.3 is 5.97 Å². The number of rotatable bonds is 5. The second-order valence-corrected chi connectivity index (χ2v) is 5.85. The fraction of sp³-hybridized carbons (Fsp3) is 0.438. The number of amides is 1. The molecule has 0 saturated heterocycles. The van der Waals surface area contributed by atoms with Crippen molar-refractivity contribution in [2.45, 2.75) is 33.2 Å². The standard InChI is InChI=1S/C16H19NO4/c1-9(2)8-17-13(7-10(3)18)14-11(15(17)19)5-4-6-12(14)16(20)21/h4-6,9,13H,7-8H2,1-3H3,(H,20,21). The first-order chi connectivity index (χ1) is 9.82. The Kier molecular flexibility index (Phi) is 4.11. The number of ketones is 1. The van der Waals surface area contributed by atoms with Gasteiger partial charge in [0.2, 0.25) is 0 Å². The minimum absolute atomic E-state index is 0.0606. The number of carboxylic acids is 1. The topological polar surface area (TPSA) is 74.7 Å². The summed E-state index contributed by atoms with van der Waals surface area (Å²) in [5, 5.41) is 9.34. The Balaban J connectivity index is 2.55. The van der Waals surface area contributed by atoms with Crippen molar-refractivity contribution in [1.29, 1.82) is 0 Å². The van der Waals surface area contributed by atoms with Crippen LogP contribution in [0.15, 0.2) is 18.2 Å². The first-order valence-corrected chi connectivity index (χ1v) is 6.99. The van der Waals surface area contributed by atoms with Gasteiger partial charge in [0.1, 0.15) is 5.78 Å². The second kappa shape index (κ2) is 5.68. The number of nitrogens with zero attached hydrogens (tertiary/aromatic N) is 1. The van der Waals surface area contributed by atoms with Gasteiger partial charge in [-0.25, -0.2) is 4.79 Å². The third-order valence-electron chi connectivity index (χ3n) is 3.58. The van der Waals surface area contributed by atoms with E-state index in [0.29, 0.717) is 17.7 Å². The number of aromatic carboxylic acids is 1. The van der Waals surface area contributed by atoms with Crippen molar-refractivity contribution < 1.29 is 19.5 Å². The minimum atomic E-state index is -1.07. The highest BCUT2D eigenvalue weighted by Crippen LogP contribution is 2.38. The summed E-state index contributed by atoms with van der Waals surface area (Å²) in [6.45, 7) is 5.93. The Labute approximate surface area is 123 Å². The molecule has 1 atom stereocenters. The molecule has 0 aliphatic carbocycles. The van der Waals surface area contributed by atoms with Gasteiger partial charge in [-0.1, -0.05) is 19.9 Å². The molecule has 0 fully saturated rings. The van der Waals surface area contributed by atoms with Crippen molar-refractivity contribution >= 4 is 17.7 Å². The van der Waals surface area contributed by atoms with Gasteiger partial charge in [0.05, 0.1) is 11.6 Å². The number of fused-ring (bicyclic) bond motifs is 1. The highest BCUT2D eigenvalue weighted by atomic mass is 16.4. The summed E-state index contributed by atoms with van der Waals surface area (Å²) in [5.74, 6) is -1.08. The van der Waals surface area contributed by atoms with Gasteiger partial charge in [0.15, 0.2) is 0 Å². The third kappa shape index (κ3) is 2.82. The quantitative estimate of drug-likeness (QED) is 0.903. The Bertz CT molecular complexity index is 606. The first kappa shape index (κ1) is 15.2. The monoisotopic (exact) mass is 289 g/mol. The molecule has 0 saturated carbocycles. The molecule has 1 amide bonds. The molecule has 112 valence electrons. The lowest BCUT2D eigenvalue weighted by molar-refractivity contribution is -0.118. The van der Waals surface area contributed by atoms with Crippen LogP contribution in [0, 0.1) is 5.92 Å². The van der Waals surface area contributed by atoms with E-state index in [1.807, 2.05) is 13.8 Å². The summed E-state index contributed by atoms with van der Waals surface area (Å²) in [4.78, 5) is 37.1. The van der Waals surface area contributed by atoms with Gasteiger partial charge in [-0.3, -0.25) is 9.59 Å². The first-order valence-electron chi connectivity index (χ1n) is 6.99. The van der Waals surface area contributed by atoms with Crippen LogP contribution >= 0.6 is 0 Å². The number of hydrogen-bond acceptors (Lipinski definition) is 3. The van der Waals surface area contributed by atoms with Gasteiger partial charge in [-0.05, 0) is 25.0 Å². The van der Waals surface area contributed by atoms with Crippen LogP contribution in [0.25, 0.3) is 0 Å². The van der Waals surface area contributed by atoms with E-state index < -0.39 is 12.0 Å². The molecule has 0 spiro atoms. The van der Waals surface area contributed by atoms with Crippen LogP contribution in [0.2, 0.25) is 0 Å². The van der Waals surface area contributed by atoms with E-state index in [9.17, 15) is 19.5 Å². The van der Waals surface area contributed by atoms with E-state index in [-0.39, 0.29) is 29.6 Å². The van der Waals surface area contributed by atoms with Crippen LogP contribution in [-0.2, 0) is 4.79 Å². The summed E-state index contributed by atoms with van der Waals surface area (Å²) in [7, 11) is 0. The number of carbonyl (C=O) groups excluding carboxylic acids is 2. The van der Waals surface area contributed by atoms with Crippen LogP contribution in [0.1, 0.15) is 59.5 Å². The van der Waals surface area contributed by atoms with E-state index in [1.165, 1.54) is 13.0 Å². The van der Waals surface area contributed by atoms with E-state index in [4.69, 9.17) is 0 Å². The fourth-order valence-electron chi connectivity index (χ4n) is 2.84. The minimum Gasteiger partial charge on any atom is -0.478 e. The van der Waals surface area contributed by atoms with Crippen molar-refractivity contribution in [2.24, 2.45) is 5.92 Å². The average Bonchev–Trinajstić information content (AvgIpc) is 2.63. The number of Topliss-reactive ketones (excluding diaryl/α,β-unsaturated/α-hetero) is 1. The molecule has 1 unspecified atom stereocenters. The molecule has 1 aromatic rings. The van der Waals surface area contributed by atoms with Gasteiger partial charge in [0.25, 0.3) is 5.91 Å². The SMILES string of the molecule is CC(=O)CC1c2c(C(=O)O)cccc2C(=O)N1CC(C)C. The van der Waals surface area contributed by atoms with Crippen molar-refractivity contribution in [2.75, 3.05) is 6.54 Å². The van der Waals surface area contributed by atoms with Crippen molar-refractivity contribution in [1.82, 2.24) is 4.90 Å². The molecule has 0 radical (unpaired) electrons. The molecule has 2 rings (SSSR count). The number of carbonyl (C=O) groups is 3. The molecular formula is C16H19NO4. The number of hydrogen-bond donors (Lipinski definition) is 1. The highest BCUT2D eigenvalue weighted by Gasteiger charge is 2.40. The molecule has 1 aromatic carbocycles. The Morgan fingerprint density at radius 1 is 1.33 bits per heavy atom. The zero-order chi connectivity index (χ0) is 15.7. The molecule has 21 heavy (non-hydrogen) atoms. The highest BCUT2D eigenvalue weighted by molar-refractivity contribution is 6.04. The zero-order valence-corrected chi connectivity index (χ0v) is 12.4. The summed E-state index contributed by atoms with van der Waals surface area (Å²) in [5.41, 5.74) is 0.992. The van der Waals surface area contributed by atoms with E-state index in [0.717, 1.165) is 0 Å². The van der Waals surface area contributed by atoms with Crippen LogP contribution in [-0.4, -0.2) is 34.2 Å². The molecule has 5 heteroatoms. The van der Waals surface area contributed by atoms with Crippen molar-refractivity contribution in [3.8, 4) is 0 Å². The predicted molar refractivity (Wildman–Crippen MR) is 77.3 cm³/mol. The van der Waals surface area contributed by atoms with Crippen LogP contribution in [0.3, 0.4) is 0 Å². The normalized spacial score (nSPS) is 17.2. The van der Waals surface area contributed by atoms with Gasteiger partial charge in [-0.2, -0.15) is 0 Å². The largest absolute Gasteiger partial charge is 0.478 e. The van der Waals surface area contributed by atoms with Crippen LogP contribution < -0.4 is 0 Å². The summed E-state index contributed by atoms with van der Waals surface area (Å²) in [6, 6.07) is 4.22. The average molecular weight is 289 g/mol. The Morgan fingerprint density at radius 3 is 2.52 bits per heavy atom. The van der Waals surface area contributed by atoms with Crippen LogP contribution in [0.5, 0.6) is 0 Å². The Morgan fingerprint density at radius 2 is 2.00 bits per heavy atom. The maximum absolute atomic E-state index is 12.5. The molecule has 0 aromatic heterocycles. The van der Waals surface area contributed by atoms with Crippen molar-refractivity contribution in [3.05, 3.63) is 34.9 Å². The summed E-state index contributed by atoms with van der Waals surface area (Å²) >= 11 is 0. The molecule has 1 heterocycles. The Hall–Kier alpha value is -2.17. The molecule has 1 N–H and O–H groups in total. The molecule has 1 aliphatic rings. The van der Waals surface area contributed by atoms with Gasteiger partial charge < -0.3 is 10.0 Å². The third-order valence-corrected chi connectivity index (χ3v) is 3.58. The van der Waals surface area contributed by atoms with Gasteiger partial charge in [-0.15, -0.1) is 0 Å². The van der Waals surface area contributed by atoms with E-state index in [1.54, 1.807) is 17.0 Å². The molecular weight excluding hydrogens is 270 g/mol. The van der Waals surface area contributed by atoms with E-state index >= 15 is 0 Å². The molecule has 0 bridgehead atoms. The second-order valence-electron chi connectivity index (χ2n) is 5.85. The fourth-order valence-corrected chi connectivity index (χ4v) is 2.84. The van der Waals surface area contributed by atoms with Crippen molar-refractivity contribution in [3.63, 3.8) is 0 Å². The molecule has 5 nitrogen and oxygen atoms in total.